The number of nitrogens with zero attached hydrogens (tertiary/aromatic N) is 1. The molecule has 2 rings (SSSR count). The summed E-state index contributed by atoms with van der Waals surface area (Å²) in [5.41, 5.74) is 3.50. The van der Waals surface area contributed by atoms with E-state index in [0.29, 0.717) is 11.5 Å². The fourth-order valence-electron chi connectivity index (χ4n) is 4.35. The lowest BCUT2D eigenvalue weighted by Crippen LogP contribution is -2.30. The highest BCUT2D eigenvalue weighted by Gasteiger charge is 2.43. The quantitative estimate of drug-likeness (QED) is 0.642. The Morgan fingerprint density at radius 3 is 2.37 bits per heavy atom. The molecule has 0 aromatic carbocycles. The van der Waals surface area contributed by atoms with Gasteiger partial charge in [0.15, 0.2) is 0 Å². The largest absolute Gasteiger partial charge is 0.337 e. The minimum atomic E-state index is 0.299. The lowest BCUT2D eigenvalue weighted by atomic mass is 9.67. The van der Waals surface area contributed by atoms with Crippen LogP contribution in [0.25, 0.3) is 0 Å². The minimum Gasteiger partial charge on any atom is -0.337 e. The summed E-state index contributed by atoms with van der Waals surface area (Å²) in [6, 6.07) is 0.506. The predicted octanol–water partition coefficient (Wildman–Crippen LogP) is 5.16. The molecule has 1 nitrogen and oxygen atoms in total. The molecule has 0 N–H and O–H groups in total. The van der Waals surface area contributed by atoms with Crippen molar-refractivity contribution in [3.8, 4) is 0 Å². The van der Waals surface area contributed by atoms with E-state index in [2.05, 4.69) is 46.4 Å². The van der Waals surface area contributed by atoms with Gasteiger partial charge in [0.2, 0.25) is 0 Å². The van der Waals surface area contributed by atoms with Gasteiger partial charge in [0.25, 0.3) is 0 Å². The molecule has 2 heteroatoms. The summed E-state index contributed by atoms with van der Waals surface area (Å²) in [5.74, 6) is 1.54. The Kier molecular flexibility index (Phi) is 4.11. The van der Waals surface area contributed by atoms with Gasteiger partial charge in [-0.1, -0.05) is 39.9 Å². The van der Waals surface area contributed by atoms with Gasteiger partial charge in [-0.3, -0.25) is 0 Å². The van der Waals surface area contributed by atoms with Crippen molar-refractivity contribution in [3.05, 3.63) is 11.3 Å². The van der Waals surface area contributed by atoms with Gasteiger partial charge in [0.05, 0.1) is 4.99 Å². The molecule has 0 spiro atoms. The molecule has 0 saturated carbocycles. The van der Waals surface area contributed by atoms with Crippen LogP contribution in [0, 0.1) is 17.3 Å². The number of hydrogen-bond acceptors (Lipinski definition) is 1. The molecule has 1 aliphatic heterocycles. The monoisotopic (exact) mass is 279 g/mol. The average Bonchev–Trinajstić information content (AvgIpc) is 2.55. The van der Waals surface area contributed by atoms with Gasteiger partial charge in [-0.05, 0) is 55.9 Å². The van der Waals surface area contributed by atoms with E-state index in [1.807, 2.05) is 0 Å². The van der Waals surface area contributed by atoms with Crippen molar-refractivity contribution >= 4 is 17.2 Å². The summed E-state index contributed by atoms with van der Waals surface area (Å²) in [6.45, 7) is 14.2. The first-order chi connectivity index (χ1) is 8.76. The van der Waals surface area contributed by atoms with Crippen LogP contribution in [-0.2, 0) is 0 Å². The van der Waals surface area contributed by atoms with Crippen LogP contribution in [-0.4, -0.2) is 15.9 Å². The summed E-state index contributed by atoms with van der Waals surface area (Å²) >= 11 is 5.67. The minimum absolute atomic E-state index is 0.299. The van der Waals surface area contributed by atoms with Gasteiger partial charge in [0.1, 0.15) is 0 Å². The maximum Gasteiger partial charge on any atom is 0.0865 e. The van der Waals surface area contributed by atoms with Crippen LogP contribution in [0.15, 0.2) is 11.3 Å². The summed E-state index contributed by atoms with van der Waals surface area (Å²) in [7, 11) is 0. The highest BCUT2D eigenvalue weighted by atomic mass is 32.1. The third-order valence-corrected chi connectivity index (χ3v) is 5.53. The third kappa shape index (κ3) is 2.49. The first-order valence-corrected chi connectivity index (χ1v) is 8.22. The highest BCUT2D eigenvalue weighted by Crippen LogP contribution is 2.51. The second-order valence-corrected chi connectivity index (χ2v) is 7.90. The van der Waals surface area contributed by atoms with E-state index in [1.54, 1.807) is 11.3 Å². The van der Waals surface area contributed by atoms with Gasteiger partial charge < -0.3 is 4.90 Å². The van der Waals surface area contributed by atoms with Crippen molar-refractivity contribution in [2.45, 2.75) is 73.3 Å². The van der Waals surface area contributed by atoms with E-state index in [1.165, 1.54) is 19.3 Å². The van der Waals surface area contributed by atoms with Crippen LogP contribution in [0.4, 0.5) is 0 Å². The molecular weight excluding hydrogens is 250 g/mol. The van der Waals surface area contributed by atoms with Crippen LogP contribution in [0.5, 0.6) is 0 Å². The molecule has 0 saturated heterocycles. The number of rotatable bonds is 2. The molecule has 19 heavy (non-hydrogen) atoms. The van der Waals surface area contributed by atoms with Crippen molar-refractivity contribution < 1.29 is 0 Å². The van der Waals surface area contributed by atoms with Crippen LogP contribution >= 0.6 is 12.2 Å². The summed E-state index contributed by atoms with van der Waals surface area (Å²) in [6.07, 6.45) is 4.92. The highest BCUT2D eigenvalue weighted by molar-refractivity contribution is 7.80. The average molecular weight is 279 g/mol. The van der Waals surface area contributed by atoms with Crippen LogP contribution in [0.2, 0.25) is 0 Å². The molecule has 1 atom stereocenters. The Balaban J connectivity index is 2.44. The van der Waals surface area contributed by atoms with Crippen molar-refractivity contribution in [2.24, 2.45) is 17.3 Å². The Hall–Kier alpha value is -0.370. The Labute approximate surface area is 124 Å². The predicted molar refractivity (Wildman–Crippen MR) is 87.2 cm³/mol. The molecule has 108 valence electrons. The maximum absolute atomic E-state index is 5.67. The second-order valence-electron chi connectivity index (χ2n) is 7.42. The molecule has 0 bridgehead atoms. The molecule has 0 aromatic rings. The summed E-state index contributed by atoms with van der Waals surface area (Å²) < 4.78 is 0. The van der Waals surface area contributed by atoms with Gasteiger partial charge in [-0.15, -0.1) is 0 Å². The third-order valence-electron chi connectivity index (χ3n) is 5.19. The topological polar surface area (TPSA) is 3.24 Å². The molecule has 0 amide bonds. The Bertz CT molecular complexity index is 403. The van der Waals surface area contributed by atoms with Gasteiger partial charge in [-0.2, -0.15) is 0 Å². The van der Waals surface area contributed by atoms with E-state index in [0.717, 1.165) is 23.2 Å². The van der Waals surface area contributed by atoms with E-state index in [-0.39, 0.29) is 0 Å². The van der Waals surface area contributed by atoms with Gasteiger partial charge in [0, 0.05) is 18.2 Å². The number of hydrogen-bond donors (Lipinski definition) is 0. The maximum atomic E-state index is 5.67. The zero-order valence-electron chi connectivity index (χ0n) is 13.4. The zero-order chi connectivity index (χ0) is 14.4. The van der Waals surface area contributed by atoms with Crippen molar-refractivity contribution in [1.29, 1.82) is 0 Å². The molecule has 1 unspecified atom stereocenters. The van der Waals surface area contributed by atoms with Crippen molar-refractivity contribution in [1.82, 2.24) is 4.90 Å². The fourth-order valence-corrected chi connectivity index (χ4v) is 4.81. The van der Waals surface area contributed by atoms with Gasteiger partial charge in [-0.25, -0.2) is 0 Å². The van der Waals surface area contributed by atoms with E-state index < -0.39 is 0 Å². The first-order valence-electron chi connectivity index (χ1n) is 7.81. The Morgan fingerprint density at radius 2 is 1.84 bits per heavy atom. The standard InChI is InChI=1S/C17H29NS/c1-11(2)13-8-7-9-15-14(17(13,5)6)10-16(19)18(15)12(3)4/h11-13H,7-10H2,1-6H3. The van der Waals surface area contributed by atoms with Gasteiger partial charge >= 0.3 is 0 Å². The molecule has 1 aliphatic carbocycles. The lowest BCUT2D eigenvalue weighted by molar-refractivity contribution is 0.185. The molecule has 2 aliphatic rings. The Morgan fingerprint density at radius 1 is 1.21 bits per heavy atom. The SMILES string of the molecule is CC(C)C1CCCC2=C(CC(=S)N2C(C)C)C1(C)C. The first kappa shape index (κ1) is 15.0. The molecular formula is C17H29NS. The van der Waals surface area contributed by atoms with Crippen LogP contribution in [0.3, 0.4) is 0 Å². The molecule has 0 aromatic heterocycles. The normalized spacial score (nSPS) is 27.3. The van der Waals surface area contributed by atoms with E-state index in [9.17, 15) is 0 Å². The molecule has 1 heterocycles. The smallest absolute Gasteiger partial charge is 0.0865 e. The summed E-state index contributed by atoms with van der Waals surface area (Å²) in [5, 5.41) is 0. The second kappa shape index (κ2) is 5.20. The van der Waals surface area contributed by atoms with E-state index >= 15 is 0 Å². The zero-order valence-corrected chi connectivity index (χ0v) is 14.2. The van der Waals surface area contributed by atoms with Crippen molar-refractivity contribution in [2.75, 3.05) is 0 Å². The molecule has 0 fully saturated rings. The number of allylic oxidation sites excluding steroid dienone is 1. The fraction of sp³-hybridized carbons (Fsp3) is 0.824. The lowest BCUT2D eigenvalue weighted by Gasteiger charge is -2.37. The van der Waals surface area contributed by atoms with Crippen molar-refractivity contribution in [3.63, 3.8) is 0 Å². The molecule has 0 radical (unpaired) electrons. The van der Waals surface area contributed by atoms with Crippen LogP contribution < -0.4 is 0 Å². The number of thiocarbonyl (C=S) groups is 1. The van der Waals surface area contributed by atoms with Crippen LogP contribution in [0.1, 0.15) is 67.2 Å². The van der Waals surface area contributed by atoms with E-state index in [4.69, 9.17) is 12.2 Å². The summed E-state index contributed by atoms with van der Waals surface area (Å²) in [4.78, 5) is 3.59.